The Morgan fingerprint density at radius 3 is 2.39 bits per heavy atom. The maximum absolute atomic E-state index is 13.6. The molecular formula is C29H39NO8. The van der Waals surface area contributed by atoms with Crippen LogP contribution in [0, 0.1) is 16.7 Å². The summed E-state index contributed by atoms with van der Waals surface area (Å²) >= 11 is 0. The number of rotatable bonds is 1. The molecule has 0 unspecified atom stereocenters. The minimum absolute atomic E-state index is 0.115. The topological polar surface area (TPSA) is 104 Å². The first-order valence-corrected chi connectivity index (χ1v) is 13.6. The molecule has 2 spiro atoms. The lowest BCUT2D eigenvalue weighted by Crippen LogP contribution is -2.67. The van der Waals surface area contributed by atoms with Crippen molar-refractivity contribution in [3.63, 3.8) is 0 Å². The van der Waals surface area contributed by atoms with E-state index < -0.39 is 40.5 Å². The van der Waals surface area contributed by atoms with Gasteiger partial charge in [0.05, 0.1) is 30.8 Å². The highest BCUT2D eigenvalue weighted by Crippen LogP contribution is 2.72. The number of esters is 3. The van der Waals surface area contributed by atoms with Crippen LogP contribution in [0.4, 0.5) is 0 Å². The monoisotopic (exact) mass is 529 g/mol. The summed E-state index contributed by atoms with van der Waals surface area (Å²) in [6.45, 7) is 6.99. The molecule has 208 valence electrons. The SMILES string of the molecule is CC1=C[C@H]2O[C@@H]3C[C@H]4OC(=O)/C=C\C=C\C(=O)OCC[C@@H](C)[C@@H](N(C)C)C(=O)OC[C@@]2(CC1)[C@]4(C)[C@]31CO1. The standard InChI is InChI=1S/C29H39NO8/c1-18-10-12-28-16-35-26(33)25(30(4)5)19(2)11-13-34-23(31)8-6-7-9-24(32)38-20-15-22(37-21(28)14-18)29(17-36-29)27(20,28)3/h6-9,14,19-22,25H,10-13,15-17H2,1-5H3/b8-6+,9-7-/t19-,20-,21-,22-,25-,27-,28-,29+/m1/s1. The molecule has 5 rings (SSSR count). The maximum atomic E-state index is 13.6. The van der Waals surface area contributed by atoms with Gasteiger partial charge < -0.3 is 23.7 Å². The molecule has 0 aromatic heterocycles. The summed E-state index contributed by atoms with van der Waals surface area (Å²) in [6, 6.07) is -0.518. The molecule has 0 amide bonds. The second-order valence-electron chi connectivity index (χ2n) is 11.9. The zero-order chi connectivity index (χ0) is 27.3. The summed E-state index contributed by atoms with van der Waals surface area (Å²) in [6.07, 6.45) is 9.24. The Labute approximate surface area is 224 Å². The van der Waals surface area contributed by atoms with Crippen LogP contribution >= 0.6 is 0 Å². The second-order valence-corrected chi connectivity index (χ2v) is 11.9. The van der Waals surface area contributed by atoms with Gasteiger partial charge in [-0.1, -0.05) is 37.6 Å². The first-order chi connectivity index (χ1) is 18.0. The largest absolute Gasteiger partial charge is 0.464 e. The molecule has 2 saturated heterocycles. The van der Waals surface area contributed by atoms with Crippen LogP contribution in [0.15, 0.2) is 36.0 Å². The molecular weight excluding hydrogens is 490 g/mol. The molecule has 1 saturated carbocycles. The lowest BCUT2D eigenvalue weighted by atomic mass is 9.51. The molecule has 3 aliphatic heterocycles. The number of likely N-dealkylation sites (N-methyl/N-ethyl adjacent to an activating group) is 1. The van der Waals surface area contributed by atoms with Gasteiger partial charge in [0.15, 0.2) is 0 Å². The van der Waals surface area contributed by atoms with E-state index in [1.54, 1.807) is 0 Å². The van der Waals surface area contributed by atoms with Crippen molar-refractivity contribution in [2.45, 2.75) is 76.4 Å². The van der Waals surface area contributed by atoms with Gasteiger partial charge in [-0.3, -0.25) is 9.69 Å². The highest BCUT2D eigenvalue weighted by molar-refractivity contribution is 5.84. The molecule has 0 aromatic rings. The molecule has 0 aromatic carbocycles. The Morgan fingerprint density at radius 2 is 1.71 bits per heavy atom. The van der Waals surface area contributed by atoms with Gasteiger partial charge in [0.25, 0.3) is 0 Å². The summed E-state index contributed by atoms with van der Waals surface area (Å²) in [5, 5.41) is 0. The smallest absolute Gasteiger partial charge is 0.331 e. The van der Waals surface area contributed by atoms with Crippen molar-refractivity contribution in [2.75, 3.05) is 33.9 Å². The first kappa shape index (κ1) is 27.1. The van der Waals surface area contributed by atoms with E-state index in [1.165, 1.54) is 29.9 Å². The average Bonchev–Trinajstić information content (AvgIpc) is 3.63. The van der Waals surface area contributed by atoms with Gasteiger partial charge in [-0.15, -0.1) is 0 Å². The second kappa shape index (κ2) is 9.92. The van der Waals surface area contributed by atoms with Gasteiger partial charge in [0.1, 0.15) is 24.4 Å². The zero-order valence-corrected chi connectivity index (χ0v) is 22.9. The molecule has 9 nitrogen and oxygen atoms in total. The van der Waals surface area contributed by atoms with Crippen LogP contribution in [-0.2, 0) is 38.1 Å². The molecule has 3 fully saturated rings. The van der Waals surface area contributed by atoms with Gasteiger partial charge in [0, 0.05) is 24.0 Å². The lowest BCUT2D eigenvalue weighted by Gasteiger charge is -2.58. The van der Waals surface area contributed by atoms with E-state index in [-0.39, 0.29) is 37.3 Å². The highest BCUT2D eigenvalue weighted by atomic mass is 16.6. The van der Waals surface area contributed by atoms with E-state index in [1.807, 2.05) is 25.9 Å². The Balaban J connectivity index is 1.54. The molecule has 3 heterocycles. The Kier molecular flexibility index (Phi) is 7.07. The molecule has 2 bridgehead atoms. The fraction of sp³-hybridized carbons (Fsp3) is 0.690. The molecule has 5 aliphatic rings. The number of allylic oxidation sites excluding steroid dienone is 3. The van der Waals surface area contributed by atoms with Crippen molar-refractivity contribution < 1.29 is 38.1 Å². The Hall–Kier alpha value is -2.49. The van der Waals surface area contributed by atoms with Crippen molar-refractivity contribution in [3.05, 3.63) is 36.0 Å². The average molecular weight is 530 g/mol. The van der Waals surface area contributed by atoms with Gasteiger partial charge in [-0.2, -0.15) is 0 Å². The van der Waals surface area contributed by atoms with Crippen molar-refractivity contribution in [3.8, 4) is 0 Å². The molecule has 2 aliphatic carbocycles. The van der Waals surface area contributed by atoms with Crippen LogP contribution in [0.3, 0.4) is 0 Å². The molecule has 0 radical (unpaired) electrons. The molecule has 9 heteroatoms. The van der Waals surface area contributed by atoms with Gasteiger partial charge in [-0.25, -0.2) is 9.59 Å². The highest BCUT2D eigenvalue weighted by Gasteiger charge is 2.83. The molecule has 0 N–H and O–H groups in total. The lowest BCUT2D eigenvalue weighted by molar-refractivity contribution is -0.234. The summed E-state index contributed by atoms with van der Waals surface area (Å²) in [7, 11) is 3.69. The zero-order valence-electron chi connectivity index (χ0n) is 22.9. The number of ether oxygens (including phenoxy) is 5. The van der Waals surface area contributed by atoms with Gasteiger partial charge >= 0.3 is 17.9 Å². The van der Waals surface area contributed by atoms with E-state index in [2.05, 4.69) is 19.9 Å². The quantitative estimate of drug-likeness (QED) is 0.219. The van der Waals surface area contributed by atoms with Crippen LogP contribution in [0.1, 0.15) is 46.5 Å². The molecule has 38 heavy (non-hydrogen) atoms. The van der Waals surface area contributed by atoms with Crippen molar-refractivity contribution in [1.29, 1.82) is 0 Å². The maximum Gasteiger partial charge on any atom is 0.331 e. The Morgan fingerprint density at radius 1 is 1.00 bits per heavy atom. The number of carbonyl (C=O) groups is 3. The van der Waals surface area contributed by atoms with Crippen LogP contribution in [0.25, 0.3) is 0 Å². The van der Waals surface area contributed by atoms with Gasteiger partial charge in [0.2, 0.25) is 0 Å². The minimum Gasteiger partial charge on any atom is -0.464 e. The van der Waals surface area contributed by atoms with E-state index in [9.17, 15) is 14.4 Å². The van der Waals surface area contributed by atoms with Gasteiger partial charge in [-0.05, 0) is 46.2 Å². The van der Waals surface area contributed by atoms with Crippen LogP contribution in [0.2, 0.25) is 0 Å². The number of epoxide rings is 1. The summed E-state index contributed by atoms with van der Waals surface area (Å²) in [5.74, 6) is -1.47. The first-order valence-electron chi connectivity index (χ1n) is 13.6. The number of nitrogens with zero attached hydrogens (tertiary/aromatic N) is 1. The fourth-order valence-corrected chi connectivity index (χ4v) is 7.37. The summed E-state index contributed by atoms with van der Waals surface area (Å²) < 4.78 is 30.4. The van der Waals surface area contributed by atoms with E-state index >= 15 is 0 Å². The van der Waals surface area contributed by atoms with E-state index in [0.717, 1.165) is 12.8 Å². The predicted molar refractivity (Wildman–Crippen MR) is 137 cm³/mol. The normalized spacial score (nSPS) is 45.2. The van der Waals surface area contributed by atoms with Crippen LogP contribution in [-0.4, -0.2) is 86.7 Å². The number of cyclic esters (lactones) is 2. The summed E-state index contributed by atoms with van der Waals surface area (Å²) in [5.41, 5.74) is -0.595. The third-order valence-electron chi connectivity index (χ3n) is 9.68. The van der Waals surface area contributed by atoms with E-state index in [0.29, 0.717) is 19.4 Å². The van der Waals surface area contributed by atoms with Crippen molar-refractivity contribution in [2.24, 2.45) is 16.7 Å². The van der Waals surface area contributed by atoms with Crippen LogP contribution in [0.5, 0.6) is 0 Å². The van der Waals surface area contributed by atoms with Crippen LogP contribution < -0.4 is 0 Å². The van der Waals surface area contributed by atoms with E-state index in [4.69, 9.17) is 23.7 Å². The number of hydrogen-bond acceptors (Lipinski definition) is 9. The predicted octanol–water partition coefficient (Wildman–Crippen LogP) is 2.74. The van der Waals surface area contributed by atoms with Crippen molar-refractivity contribution >= 4 is 17.9 Å². The molecule has 8 atom stereocenters. The Bertz CT molecular complexity index is 1070. The van der Waals surface area contributed by atoms with Crippen molar-refractivity contribution in [1.82, 2.24) is 4.90 Å². The number of carbonyl (C=O) groups excluding carboxylic acids is 3. The number of hydrogen-bond donors (Lipinski definition) is 0. The fourth-order valence-electron chi connectivity index (χ4n) is 7.37. The minimum atomic E-state index is -0.626. The summed E-state index contributed by atoms with van der Waals surface area (Å²) in [4.78, 5) is 40.4. The third-order valence-corrected chi connectivity index (χ3v) is 9.68. The third kappa shape index (κ3) is 4.23.